The summed E-state index contributed by atoms with van der Waals surface area (Å²) in [7, 11) is 1.66. The molecule has 0 bridgehead atoms. The van der Waals surface area contributed by atoms with Crippen molar-refractivity contribution in [2.24, 2.45) is 5.41 Å². The second-order valence-corrected chi connectivity index (χ2v) is 6.84. The zero-order valence-electron chi connectivity index (χ0n) is 13.9. The topological polar surface area (TPSA) is 50.4 Å². The molecule has 0 saturated carbocycles. The van der Waals surface area contributed by atoms with Crippen molar-refractivity contribution >= 4 is 35.8 Å². The third-order valence-electron chi connectivity index (χ3n) is 4.27. The smallest absolute Gasteiger partial charge is 0.233 e. The number of nitrogens with one attached hydrogen (secondary N) is 2. The standard InChI is InChI=1S/C17H26N2O2S.ClH/c1-21-13-17(8-10-18-11-9-17)16(20)19-15-5-3-14(4-6-15)7-12-22-2;/h3-6,18H,7-13H2,1-2H3,(H,19,20);1H. The monoisotopic (exact) mass is 358 g/mol. The maximum absolute atomic E-state index is 12.7. The number of halogens is 1. The van der Waals surface area contributed by atoms with Crippen LogP contribution in [0.15, 0.2) is 24.3 Å². The predicted octanol–water partition coefficient (Wildman–Crippen LogP) is 2.97. The summed E-state index contributed by atoms with van der Waals surface area (Å²) in [6.45, 7) is 2.21. The van der Waals surface area contributed by atoms with E-state index in [4.69, 9.17) is 4.74 Å². The van der Waals surface area contributed by atoms with Gasteiger partial charge in [-0.15, -0.1) is 12.4 Å². The Balaban J connectivity index is 0.00000264. The molecule has 1 fully saturated rings. The van der Waals surface area contributed by atoms with Crippen molar-refractivity contribution in [2.75, 3.05) is 44.1 Å². The number of piperidine rings is 1. The summed E-state index contributed by atoms with van der Waals surface area (Å²) in [6.07, 6.45) is 4.81. The van der Waals surface area contributed by atoms with Crippen LogP contribution in [0, 0.1) is 5.41 Å². The summed E-state index contributed by atoms with van der Waals surface area (Å²) in [5, 5.41) is 6.37. The van der Waals surface area contributed by atoms with Crippen molar-refractivity contribution in [1.29, 1.82) is 0 Å². The fourth-order valence-corrected chi connectivity index (χ4v) is 3.30. The number of benzene rings is 1. The summed E-state index contributed by atoms with van der Waals surface area (Å²) >= 11 is 1.85. The lowest BCUT2D eigenvalue weighted by molar-refractivity contribution is -0.130. The number of methoxy groups -OCH3 is 1. The van der Waals surface area contributed by atoms with Crippen LogP contribution in [-0.4, -0.2) is 44.7 Å². The van der Waals surface area contributed by atoms with Crippen LogP contribution in [0.4, 0.5) is 5.69 Å². The van der Waals surface area contributed by atoms with Crippen LogP contribution >= 0.6 is 24.2 Å². The fraction of sp³-hybridized carbons (Fsp3) is 0.588. The van der Waals surface area contributed by atoms with Crippen LogP contribution in [0.1, 0.15) is 18.4 Å². The maximum atomic E-state index is 12.7. The quantitative estimate of drug-likeness (QED) is 0.786. The first kappa shape index (κ1) is 20.3. The summed E-state index contributed by atoms with van der Waals surface area (Å²) in [4.78, 5) is 12.7. The lowest BCUT2D eigenvalue weighted by Gasteiger charge is -2.35. The van der Waals surface area contributed by atoms with Gasteiger partial charge in [-0.1, -0.05) is 12.1 Å². The van der Waals surface area contributed by atoms with Crippen LogP contribution in [0.3, 0.4) is 0 Å². The van der Waals surface area contributed by atoms with Gasteiger partial charge in [0.2, 0.25) is 5.91 Å². The van der Waals surface area contributed by atoms with Crippen LogP contribution in [0.5, 0.6) is 0 Å². The van der Waals surface area contributed by atoms with E-state index in [2.05, 4.69) is 29.0 Å². The molecule has 1 aliphatic heterocycles. The largest absolute Gasteiger partial charge is 0.384 e. The molecule has 0 unspecified atom stereocenters. The van der Waals surface area contributed by atoms with E-state index in [1.807, 2.05) is 23.9 Å². The van der Waals surface area contributed by atoms with E-state index in [9.17, 15) is 4.79 Å². The molecule has 2 rings (SSSR count). The summed E-state index contributed by atoms with van der Waals surface area (Å²) in [5.74, 6) is 1.20. The highest BCUT2D eigenvalue weighted by Gasteiger charge is 2.39. The van der Waals surface area contributed by atoms with Gasteiger partial charge in [-0.2, -0.15) is 11.8 Å². The molecule has 1 saturated heterocycles. The number of carbonyl (C=O) groups excluding carboxylic acids is 1. The highest BCUT2D eigenvalue weighted by molar-refractivity contribution is 7.98. The van der Waals surface area contributed by atoms with E-state index in [-0.39, 0.29) is 18.3 Å². The van der Waals surface area contributed by atoms with E-state index in [1.165, 1.54) is 5.56 Å². The molecule has 0 spiro atoms. The van der Waals surface area contributed by atoms with E-state index in [1.54, 1.807) is 7.11 Å². The van der Waals surface area contributed by atoms with Crippen LogP contribution in [-0.2, 0) is 16.0 Å². The number of hydrogen-bond acceptors (Lipinski definition) is 4. The van der Waals surface area contributed by atoms with E-state index in [0.717, 1.165) is 43.8 Å². The van der Waals surface area contributed by atoms with Crippen molar-refractivity contribution in [2.45, 2.75) is 19.3 Å². The third kappa shape index (κ3) is 5.68. The Morgan fingerprint density at radius 1 is 1.30 bits per heavy atom. The Hall–Kier alpha value is -0.750. The first-order chi connectivity index (χ1) is 10.7. The molecule has 1 aliphatic rings. The Morgan fingerprint density at radius 3 is 2.52 bits per heavy atom. The van der Waals surface area contributed by atoms with E-state index < -0.39 is 5.41 Å². The molecule has 6 heteroatoms. The number of thioether (sulfide) groups is 1. The van der Waals surface area contributed by atoms with Gasteiger partial charge in [-0.3, -0.25) is 4.79 Å². The number of amides is 1. The zero-order valence-corrected chi connectivity index (χ0v) is 15.5. The van der Waals surface area contributed by atoms with Crippen LogP contribution < -0.4 is 10.6 Å². The van der Waals surface area contributed by atoms with Crippen LogP contribution in [0.25, 0.3) is 0 Å². The molecule has 2 N–H and O–H groups in total. The van der Waals surface area contributed by atoms with Crippen molar-refractivity contribution in [3.63, 3.8) is 0 Å². The summed E-state index contributed by atoms with van der Waals surface area (Å²) < 4.78 is 5.32. The fourth-order valence-electron chi connectivity index (χ4n) is 2.86. The number of hydrogen-bond donors (Lipinski definition) is 2. The molecule has 1 aromatic carbocycles. The second-order valence-electron chi connectivity index (χ2n) is 5.86. The Bertz CT molecular complexity index is 470. The molecule has 4 nitrogen and oxygen atoms in total. The highest BCUT2D eigenvalue weighted by Crippen LogP contribution is 2.31. The van der Waals surface area contributed by atoms with Gasteiger partial charge < -0.3 is 15.4 Å². The molecule has 23 heavy (non-hydrogen) atoms. The van der Waals surface area contributed by atoms with Crippen molar-refractivity contribution in [3.8, 4) is 0 Å². The molecule has 0 aliphatic carbocycles. The first-order valence-corrected chi connectivity index (χ1v) is 9.18. The molecule has 0 atom stereocenters. The van der Waals surface area contributed by atoms with Crippen LogP contribution in [0.2, 0.25) is 0 Å². The van der Waals surface area contributed by atoms with Crippen molar-refractivity contribution < 1.29 is 9.53 Å². The predicted molar refractivity (Wildman–Crippen MR) is 101 cm³/mol. The Kier molecular flexibility index (Phi) is 8.99. The van der Waals surface area contributed by atoms with Gasteiger partial charge in [-0.25, -0.2) is 0 Å². The lowest BCUT2D eigenvalue weighted by Crippen LogP contribution is -2.47. The average molecular weight is 359 g/mol. The molecule has 1 heterocycles. The van der Waals surface area contributed by atoms with Gasteiger partial charge in [0.05, 0.1) is 12.0 Å². The normalized spacial score (nSPS) is 16.4. The molecule has 130 valence electrons. The van der Waals surface area contributed by atoms with E-state index in [0.29, 0.717) is 6.61 Å². The maximum Gasteiger partial charge on any atom is 0.233 e. The Labute approximate surface area is 149 Å². The molecular weight excluding hydrogens is 332 g/mol. The van der Waals surface area contributed by atoms with Crippen molar-refractivity contribution in [1.82, 2.24) is 5.32 Å². The number of anilines is 1. The summed E-state index contributed by atoms with van der Waals surface area (Å²) in [5.41, 5.74) is 1.77. The van der Waals surface area contributed by atoms with Gasteiger partial charge in [-0.05, 0) is 62.1 Å². The van der Waals surface area contributed by atoms with Gasteiger partial charge >= 0.3 is 0 Å². The van der Waals surface area contributed by atoms with Gasteiger partial charge in [0.15, 0.2) is 0 Å². The highest BCUT2D eigenvalue weighted by atomic mass is 35.5. The number of ether oxygens (including phenoxy) is 1. The Morgan fingerprint density at radius 2 is 1.96 bits per heavy atom. The number of rotatable bonds is 7. The van der Waals surface area contributed by atoms with Gasteiger partial charge in [0, 0.05) is 12.8 Å². The second kappa shape index (κ2) is 10.2. The molecule has 1 amide bonds. The molecular formula is C17H27ClN2O2S. The van der Waals surface area contributed by atoms with E-state index >= 15 is 0 Å². The molecule has 0 radical (unpaired) electrons. The lowest BCUT2D eigenvalue weighted by atomic mass is 9.78. The minimum atomic E-state index is -0.405. The summed E-state index contributed by atoms with van der Waals surface area (Å²) in [6, 6.07) is 8.18. The third-order valence-corrected chi connectivity index (χ3v) is 4.88. The number of carbonyl (C=O) groups is 1. The van der Waals surface area contributed by atoms with Crippen molar-refractivity contribution in [3.05, 3.63) is 29.8 Å². The number of aryl methyl sites for hydroxylation is 1. The SMILES string of the molecule is COCC1(C(=O)Nc2ccc(CCSC)cc2)CCNCC1.Cl. The molecule has 0 aromatic heterocycles. The molecule has 1 aromatic rings. The van der Waals surface area contributed by atoms with Gasteiger partial charge in [0.25, 0.3) is 0 Å². The average Bonchev–Trinajstić information content (AvgIpc) is 2.55. The minimum Gasteiger partial charge on any atom is -0.384 e. The zero-order chi connectivity index (χ0) is 15.8. The minimum absolute atomic E-state index is 0. The van der Waals surface area contributed by atoms with Gasteiger partial charge in [0.1, 0.15) is 0 Å². The first-order valence-electron chi connectivity index (χ1n) is 7.79.